The highest BCUT2D eigenvalue weighted by Crippen LogP contribution is 2.40. The molecule has 2 aliphatic rings. The number of hydrogen-bond donors (Lipinski definition) is 0. The van der Waals surface area contributed by atoms with Crippen molar-refractivity contribution in [3.05, 3.63) is 59.7 Å². The molecule has 0 saturated heterocycles. The highest BCUT2D eigenvalue weighted by molar-refractivity contribution is 5.23. The van der Waals surface area contributed by atoms with Crippen LogP contribution in [0.2, 0.25) is 0 Å². The van der Waals surface area contributed by atoms with E-state index in [0.29, 0.717) is 18.2 Å². The van der Waals surface area contributed by atoms with E-state index in [1.54, 1.807) is 4.68 Å². The molecule has 4 rings (SSSR count). The van der Waals surface area contributed by atoms with Gasteiger partial charge in [0.15, 0.2) is 17.8 Å². The first-order valence-electron chi connectivity index (χ1n) is 7.51. The number of nitrogens with zero attached hydrogens (tertiary/aromatic N) is 3. The number of benzene rings is 1. The van der Waals surface area contributed by atoms with Crippen molar-refractivity contribution in [3.8, 4) is 0 Å². The first-order chi connectivity index (χ1) is 10.2. The molecule has 0 N–H and O–H groups in total. The Morgan fingerprint density at radius 2 is 2.00 bits per heavy atom. The van der Waals surface area contributed by atoms with Gasteiger partial charge in [0, 0.05) is 12.8 Å². The van der Waals surface area contributed by atoms with Crippen LogP contribution >= 0.6 is 0 Å². The van der Waals surface area contributed by atoms with Crippen molar-refractivity contribution in [2.75, 3.05) is 0 Å². The molecule has 1 aliphatic carbocycles. The molecule has 0 radical (unpaired) electrons. The summed E-state index contributed by atoms with van der Waals surface area (Å²) in [4.78, 5) is 4.44. The summed E-state index contributed by atoms with van der Waals surface area (Å²) in [6.07, 6.45) is 2.40. The topological polar surface area (TPSA) is 30.7 Å². The molecule has 1 aliphatic heterocycles. The molecule has 2 heterocycles. The van der Waals surface area contributed by atoms with Crippen LogP contribution in [0.1, 0.15) is 48.7 Å². The van der Waals surface area contributed by atoms with E-state index in [-0.39, 0.29) is 6.04 Å². The standard InChI is InChI=1S/C17H18FN3/c1-11-7-12(8-11)9-16-19-17-14(18)10-15(21(17)20-16)13-5-3-2-4-6-13/h2-6,12,14-15H,1,7-10H2/t14-,15-/m0/s1. The number of aromatic nitrogens is 3. The Hall–Kier alpha value is -1.97. The van der Waals surface area contributed by atoms with Gasteiger partial charge in [0.25, 0.3) is 0 Å². The van der Waals surface area contributed by atoms with E-state index in [1.807, 2.05) is 30.3 Å². The highest BCUT2D eigenvalue weighted by atomic mass is 19.1. The number of fused-ring (bicyclic) bond motifs is 1. The molecule has 1 aromatic carbocycles. The minimum Gasteiger partial charge on any atom is -0.239 e. The van der Waals surface area contributed by atoms with E-state index in [0.717, 1.165) is 30.7 Å². The summed E-state index contributed by atoms with van der Waals surface area (Å²) in [6, 6.07) is 9.99. The summed E-state index contributed by atoms with van der Waals surface area (Å²) in [5.74, 6) is 1.87. The number of alkyl halides is 1. The molecule has 2 aromatic rings. The second-order valence-corrected chi connectivity index (χ2v) is 6.19. The molecule has 0 unspecified atom stereocenters. The minimum atomic E-state index is -1.01. The molecular weight excluding hydrogens is 265 g/mol. The van der Waals surface area contributed by atoms with Crippen LogP contribution < -0.4 is 0 Å². The van der Waals surface area contributed by atoms with Crippen LogP contribution in [0.3, 0.4) is 0 Å². The van der Waals surface area contributed by atoms with Crippen LogP contribution in [0.25, 0.3) is 0 Å². The van der Waals surface area contributed by atoms with Crippen molar-refractivity contribution < 1.29 is 4.39 Å². The van der Waals surface area contributed by atoms with Crippen LogP contribution in [0.4, 0.5) is 4.39 Å². The molecule has 1 aromatic heterocycles. The van der Waals surface area contributed by atoms with Crippen LogP contribution in [-0.2, 0) is 6.42 Å². The predicted octanol–water partition coefficient (Wildman–Crippen LogP) is 3.79. The molecular formula is C17H18FN3. The van der Waals surface area contributed by atoms with E-state index in [2.05, 4.69) is 16.7 Å². The maximum Gasteiger partial charge on any atom is 0.162 e. The Morgan fingerprint density at radius 1 is 1.24 bits per heavy atom. The van der Waals surface area contributed by atoms with Crippen molar-refractivity contribution in [2.24, 2.45) is 5.92 Å². The molecule has 3 nitrogen and oxygen atoms in total. The zero-order valence-electron chi connectivity index (χ0n) is 11.9. The number of hydrogen-bond acceptors (Lipinski definition) is 2. The van der Waals surface area contributed by atoms with Gasteiger partial charge in [-0.3, -0.25) is 0 Å². The summed E-state index contributed by atoms with van der Waals surface area (Å²) in [5, 5.41) is 4.58. The van der Waals surface area contributed by atoms with Gasteiger partial charge in [-0.1, -0.05) is 42.5 Å². The average Bonchev–Trinajstić information content (AvgIpc) is 2.99. The monoisotopic (exact) mass is 283 g/mol. The van der Waals surface area contributed by atoms with Crippen molar-refractivity contribution in [1.29, 1.82) is 0 Å². The second-order valence-electron chi connectivity index (χ2n) is 6.19. The Morgan fingerprint density at radius 3 is 2.71 bits per heavy atom. The Kier molecular flexibility index (Phi) is 2.91. The van der Waals surface area contributed by atoms with Gasteiger partial charge in [-0.25, -0.2) is 14.1 Å². The molecule has 21 heavy (non-hydrogen) atoms. The van der Waals surface area contributed by atoms with Crippen molar-refractivity contribution in [1.82, 2.24) is 14.8 Å². The lowest BCUT2D eigenvalue weighted by molar-refractivity contribution is 0.326. The molecule has 0 bridgehead atoms. The molecule has 108 valence electrons. The van der Waals surface area contributed by atoms with Gasteiger partial charge < -0.3 is 0 Å². The second kappa shape index (κ2) is 4.79. The Bertz CT molecular complexity index is 669. The molecule has 0 amide bonds. The lowest BCUT2D eigenvalue weighted by atomic mass is 9.79. The summed E-state index contributed by atoms with van der Waals surface area (Å²) in [5.41, 5.74) is 2.41. The maximum atomic E-state index is 14.2. The third kappa shape index (κ3) is 2.19. The van der Waals surface area contributed by atoms with Crippen molar-refractivity contribution in [2.45, 2.75) is 37.9 Å². The number of rotatable bonds is 3. The van der Waals surface area contributed by atoms with Gasteiger partial charge in [-0.15, -0.1) is 0 Å². The van der Waals surface area contributed by atoms with Gasteiger partial charge >= 0.3 is 0 Å². The largest absolute Gasteiger partial charge is 0.239 e. The maximum absolute atomic E-state index is 14.2. The van der Waals surface area contributed by atoms with Gasteiger partial charge in [0.05, 0.1) is 6.04 Å². The summed E-state index contributed by atoms with van der Waals surface area (Å²) < 4.78 is 16.0. The fourth-order valence-corrected chi connectivity index (χ4v) is 3.42. The third-order valence-corrected chi connectivity index (χ3v) is 4.52. The van der Waals surface area contributed by atoms with E-state index in [1.165, 1.54) is 5.57 Å². The SMILES string of the molecule is C=C1CC(Cc2nc3n(n2)[C@H](c2ccccc2)C[C@@H]3F)C1. The molecule has 4 heteroatoms. The zero-order chi connectivity index (χ0) is 14.4. The van der Waals surface area contributed by atoms with Gasteiger partial charge in [0.2, 0.25) is 0 Å². The molecule has 1 fully saturated rings. The fourth-order valence-electron chi connectivity index (χ4n) is 3.42. The quantitative estimate of drug-likeness (QED) is 0.802. The first kappa shape index (κ1) is 12.7. The first-order valence-corrected chi connectivity index (χ1v) is 7.51. The highest BCUT2D eigenvalue weighted by Gasteiger charge is 2.35. The van der Waals surface area contributed by atoms with Crippen LogP contribution in [0.15, 0.2) is 42.5 Å². The van der Waals surface area contributed by atoms with Crippen LogP contribution in [0.5, 0.6) is 0 Å². The van der Waals surface area contributed by atoms with Crippen LogP contribution in [-0.4, -0.2) is 14.8 Å². The number of allylic oxidation sites excluding steroid dienone is 1. The summed E-state index contributed by atoms with van der Waals surface area (Å²) in [6.45, 7) is 3.96. The lowest BCUT2D eigenvalue weighted by Gasteiger charge is -2.27. The van der Waals surface area contributed by atoms with E-state index in [9.17, 15) is 4.39 Å². The van der Waals surface area contributed by atoms with Crippen LogP contribution in [0, 0.1) is 5.92 Å². The Balaban J connectivity index is 1.60. The predicted molar refractivity (Wildman–Crippen MR) is 78.6 cm³/mol. The van der Waals surface area contributed by atoms with Crippen molar-refractivity contribution in [3.63, 3.8) is 0 Å². The Labute approximate surface area is 123 Å². The summed E-state index contributed by atoms with van der Waals surface area (Å²) in [7, 11) is 0. The smallest absolute Gasteiger partial charge is 0.162 e. The molecule has 2 atom stereocenters. The van der Waals surface area contributed by atoms with Gasteiger partial charge in [-0.2, -0.15) is 5.10 Å². The normalized spacial score (nSPS) is 24.9. The fraction of sp³-hybridized carbons (Fsp3) is 0.412. The zero-order valence-corrected chi connectivity index (χ0v) is 11.9. The molecule has 1 saturated carbocycles. The lowest BCUT2D eigenvalue weighted by Crippen LogP contribution is -2.17. The minimum absolute atomic E-state index is 0.0196. The summed E-state index contributed by atoms with van der Waals surface area (Å²) >= 11 is 0. The van der Waals surface area contributed by atoms with Gasteiger partial charge in [0.1, 0.15) is 0 Å². The van der Waals surface area contributed by atoms with E-state index >= 15 is 0 Å². The van der Waals surface area contributed by atoms with Gasteiger partial charge in [-0.05, 0) is 24.3 Å². The third-order valence-electron chi connectivity index (χ3n) is 4.52. The van der Waals surface area contributed by atoms with E-state index < -0.39 is 6.17 Å². The number of halogens is 1. The van der Waals surface area contributed by atoms with Crippen molar-refractivity contribution >= 4 is 0 Å². The molecule has 0 spiro atoms. The average molecular weight is 283 g/mol. The van der Waals surface area contributed by atoms with E-state index in [4.69, 9.17) is 0 Å².